The van der Waals surface area contributed by atoms with E-state index in [1.165, 1.54) is 48.5 Å². The van der Waals surface area contributed by atoms with Crippen molar-refractivity contribution in [2.75, 3.05) is 0 Å². The fourth-order valence-electron chi connectivity index (χ4n) is 1.09. The number of benzene rings is 2. The Balaban J connectivity index is 0.000000364. The predicted octanol–water partition coefficient (Wildman–Crippen LogP) is 2.78. The smallest absolute Gasteiger partial charge is 0.768 e. The van der Waals surface area contributed by atoms with Crippen LogP contribution in [0.2, 0.25) is 10.0 Å². The van der Waals surface area contributed by atoms with E-state index in [0.29, 0.717) is 10.0 Å². The molecule has 0 heterocycles. The van der Waals surface area contributed by atoms with Gasteiger partial charge in [-0.1, -0.05) is 23.2 Å². The van der Waals surface area contributed by atoms with Gasteiger partial charge in [-0.15, -0.1) is 0 Å². The summed E-state index contributed by atoms with van der Waals surface area (Å²) in [6.07, 6.45) is 0. The monoisotopic (exact) mass is 488 g/mol. The number of hydrogen-bond donors (Lipinski definition) is 0. The third kappa shape index (κ3) is 8.87. The molecular formula is C12H8BaCl2O4S2. The maximum Gasteiger partial charge on any atom is 2.00 e. The van der Waals surface area contributed by atoms with Gasteiger partial charge in [0.1, 0.15) is 0 Å². The van der Waals surface area contributed by atoms with Gasteiger partial charge in [-0.3, -0.25) is 8.42 Å². The summed E-state index contributed by atoms with van der Waals surface area (Å²) in [5, 5.41) is 1.07. The number of halogens is 2. The molecule has 108 valence electrons. The Morgan fingerprint density at radius 2 is 0.905 bits per heavy atom. The summed E-state index contributed by atoms with van der Waals surface area (Å²) in [7, 11) is 0. The van der Waals surface area contributed by atoms with Crippen molar-refractivity contribution in [3.8, 4) is 0 Å². The fraction of sp³-hybridized carbons (Fsp3) is 0. The second-order valence-electron chi connectivity index (χ2n) is 3.38. The Morgan fingerprint density at radius 1 is 0.667 bits per heavy atom. The van der Waals surface area contributed by atoms with Crippen molar-refractivity contribution in [2.24, 2.45) is 0 Å². The fourth-order valence-corrected chi connectivity index (χ4v) is 2.06. The van der Waals surface area contributed by atoms with Crippen LogP contribution in [0.4, 0.5) is 0 Å². The van der Waals surface area contributed by atoms with Crippen LogP contribution in [0.15, 0.2) is 58.3 Å². The van der Waals surface area contributed by atoms with Crippen LogP contribution in [-0.4, -0.2) is 66.4 Å². The second kappa shape index (κ2) is 11.4. The van der Waals surface area contributed by atoms with Gasteiger partial charge in [-0.2, -0.15) is 0 Å². The summed E-state index contributed by atoms with van der Waals surface area (Å²) in [5.41, 5.74) is 0. The van der Waals surface area contributed by atoms with Crippen molar-refractivity contribution in [2.45, 2.75) is 9.79 Å². The maximum atomic E-state index is 10.3. The summed E-state index contributed by atoms with van der Waals surface area (Å²) < 4.78 is 41.1. The molecule has 0 spiro atoms. The molecule has 2 unspecified atom stereocenters. The minimum Gasteiger partial charge on any atom is -0.768 e. The van der Waals surface area contributed by atoms with Crippen LogP contribution in [0.25, 0.3) is 0 Å². The number of rotatable bonds is 2. The zero-order valence-electron chi connectivity index (χ0n) is 10.5. The van der Waals surface area contributed by atoms with E-state index in [9.17, 15) is 17.5 Å². The van der Waals surface area contributed by atoms with Crippen molar-refractivity contribution < 1.29 is 17.5 Å². The summed E-state index contributed by atoms with van der Waals surface area (Å²) in [5.74, 6) is 0. The van der Waals surface area contributed by atoms with Crippen molar-refractivity contribution in [3.05, 3.63) is 58.6 Å². The van der Waals surface area contributed by atoms with Gasteiger partial charge in [0.2, 0.25) is 0 Å². The molecule has 0 N–H and O–H groups in total. The second-order valence-corrected chi connectivity index (χ2v) is 6.13. The average Bonchev–Trinajstić information content (AvgIpc) is 2.40. The Bertz CT molecular complexity index is 550. The molecule has 9 heteroatoms. The molecule has 0 saturated carbocycles. The molecule has 2 atom stereocenters. The zero-order chi connectivity index (χ0) is 15.1. The molecule has 21 heavy (non-hydrogen) atoms. The van der Waals surface area contributed by atoms with Crippen LogP contribution in [0.5, 0.6) is 0 Å². The van der Waals surface area contributed by atoms with Crippen LogP contribution >= 0.6 is 23.2 Å². The quantitative estimate of drug-likeness (QED) is 0.481. The summed E-state index contributed by atoms with van der Waals surface area (Å²) >= 11 is 6.74. The molecular weight excluding hydrogens is 480 g/mol. The standard InChI is InChI=1S/2C6H5ClO2S.Ba/c2*7-5-1-3-6(4-2-5)10(8)9;/h2*1-4H,(H,8,9);/q;;+2/p-2. The van der Waals surface area contributed by atoms with Crippen LogP contribution in [0.3, 0.4) is 0 Å². The Kier molecular flexibility index (Phi) is 11.8. The maximum absolute atomic E-state index is 10.3. The van der Waals surface area contributed by atoms with E-state index in [-0.39, 0.29) is 58.7 Å². The van der Waals surface area contributed by atoms with E-state index in [2.05, 4.69) is 0 Å². The van der Waals surface area contributed by atoms with Gasteiger partial charge < -0.3 is 9.11 Å². The van der Waals surface area contributed by atoms with E-state index in [4.69, 9.17) is 23.2 Å². The van der Waals surface area contributed by atoms with Crippen molar-refractivity contribution in [1.29, 1.82) is 0 Å². The molecule has 0 aliphatic rings. The molecule has 2 aromatic rings. The molecule has 0 aliphatic heterocycles. The Labute approximate surface area is 177 Å². The first-order valence-corrected chi connectivity index (χ1v) is 8.00. The summed E-state index contributed by atoms with van der Waals surface area (Å²) in [6, 6.07) is 11.9. The van der Waals surface area contributed by atoms with Gasteiger partial charge in [0.15, 0.2) is 0 Å². The molecule has 4 nitrogen and oxygen atoms in total. The Morgan fingerprint density at radius 3 is 1.10 bits per heavy atom. The van der Waals surface area contributed by atoms with Crippen LogP contribution in [0.1, 0.15) is 0 Å². The molecule has 0 aromatic heterocycles. The molecule has 2 rings (SSSR count). The van der Waals surface area contributed by atoms with Gasteiger partial charge in [0.05, 0.1) is 0 Å². The van der Waals surface area contributed by atoms with Crippen molar-refractivity contribution in [3.63, 3.8) is 0 Å². The van der Waals surface area contributed by atoms with E-state index >= 15 is 0 Å². The van der Waals surface area contributed by atoms with Gasteiger partial charge in [0, 0.05) is 19.8 Å². The molecule has 0 saturated heterocycles. The van der Waals surface area contributed by atoms with E-state index in [1.54, 1.807) is 0 Å². The molecule has 0 radical (unpaired) electrons. The first-order chi connectivity index (χ1) is 9.40. The van der Waals surface area contributed by atoms with Gasteiger partial charge in [0.25, 0.3) is 0 Å². The van der Waals surface area contributed by atoms with Crippen LogP contribution in [-0.2, 0) is 22.2 Å². The van der Waals surface area contributed by atoms with E-state index < -0.39 is 22.2 Å². The molecule has 0 bridgehead atoms. The molecule has 0 amide bonds. The van der Waals surface area contributed by atoms with Gasteiger partial charge in [-0.25, -0.2) is 0 Å². The zero-order valence-corrected chi connectivity index (χ0v) is 18.1. The molecule has 0 aliphatic carbocycles. The van der Waals surface area contributed by atoms with E-state index in [0.717, 1.165) is 0 Å². The van der Waals surface area contributed by atoms with Crippen LogP contribution in [0, 0.1) is 0 Å². The minimum atomic E-state index is -2.15. The average molecular weight is 489 g/mol. The SMILES string of the molecule is O=S([O-])c1ccc(Cl)cc1.O=S([O-])c1ccc(Cl)cc1.[Ba+2]. The van der Waals surface area contributed by atoms with Crippen molar-refractivity contribution >= 4 is 94.2 Å². The normalized spacial score (nSPS) is 12.4. The summed E-state index contributed by atoms with van der Waals surface area (Å²) in [6.45, 7) is 0. The van der Waals surface area contributed by atoms with Crippen molar-refractivity contribution in [1.82, 2.24) is 0 Å². The third-order valence-electron chi connectivity index (χ3n) is 2.01. The summed E-state index contributed by atoms with van der Waals surface area (Å²) in [4.78, 5) is 0.508. The predicted molar refractivity (Wildman–Crippen MR) is 83.0 cm³/mol. The first-order valence-electron chi connectivity index (χ1n) is 5.10. The van der Waals surface area contributed by atoms with Gasteiger partial charge >= 0.3 is 48.9 Å². The van der Waals surface area contributed by atoms with E-state index in [1.807, 2.05) is 0 Å². The first kappa shape index (κ1) is 21.8. The minimum absolute atomic E-state index is 0. The van der Waals surface area contributed by atoms with Gasteiger partial charge in [-0.05, 0) is 70.7 Å². The molecule has 0 fully saturated rings. The third-order valence-corrected chi connectivity index (χ3v) is 3.83. The largest absolute Gasteiger partial charge is 2.00 e. The molecule has 2 aromatic carbocycles. The topological polar surface area (TPSA) is 80.3 Å². The Hall–Kier alpha value is 0.811. The van der Waals surface area contributed by atoms with Crippen LogP contribution < -0.4 is 0 Å². The number of hydrogen-bond acceptors (Lipinski definition) is 4.